The number of morpholine rings is 1. The van der Waals surface area contributed by atoms with Crippen molar-refractivity contribution in [2.45, 2.75) is 31.5 Å². The van der Waals surface area contributed by atoms with Crippen LogP contribution in [0.3, 0.4) is 0 Å². The van der Waals surface area contributed by atoms with Crippen molar-refractivity contribution in [3.05, 3.63) is 0 Å². The third-order valence-electron chi connectivity index (χ3n) is 2.72. The van der Waals surface area contributed by atoms with E-state index in [2.05, 4.69) is 12.6 Å². The van der Waals surface area contributed by atoms with Crippen LogP contribution in [0.15, 0.2) is 0 Å². The van der Waals surface area contributed by atoms with Crippen LogP contribution >= 0.6 is 12.6 Å². The molecule has 2 aliphatic rings. The molecular formula is C9H15NO2S. The number of carbonyl (C=O) groups excluding carboxylic acids is 1. The smallest absolute Gasteiger partial charge is 0.223 e. The Morgan fingerprint density at radius 2 is 2.00 bits per heavy atom. The molecule has 2 bridgehead atoms. The molecule has 0 aromatic heterocycles. The van der Waals surface area contributed by atoms with Gasteiger partial charge in [0.25, 0.3) is 0 Å². The van der Waals surface area contributed by atoms with Crippen molar-refractivity contribution in [3.8, 4) is 0 Å². The Labute approximate surface area is 83.8 Å². The lowest BCUT2D eigenvalue weighted by atomic mass is 10.2. The van der Waals surface area contributed by atoms with Crippen LogP contribution in [0, 0.1) is 0 Å². The zero-order chi connectivity index (χ0) is 9.26. The van der Waals surface area contributed by atoms with Crippen LogP contribution in [0.1, 0.15) is 19.3 Å². The summed E-state index contributed by atoms with van der Waals surface area (Å²) in [5.74, 6) is 0.876. The highest BCUT2D eigenvalue weighted by Crippen LogP contribution is 2.26. The van der Waals surface area contributed by atoms with Crippen LogP contribution < -0.4 is 0 Å². The Hall–Kier alpha value is -0.220. The molecule has 0 aromatic rings. The summed E-state index contributed by atoms with van der Waals surface area (Å²) in [5, 5.41) is 0. The largest absolute Gasteiger partial charge is 0.371 e. The third-order valence-corrected chi connectivity index (χ3v) is 2.95. The second-order valence-electron chi connectivity index (χ2n) is 3.73. The first-order valence-corrected chi connectivity index (χ1v) is 5.47. The maximum Gasteiger partial charge on any atom is 0.223 e. The SMILES string of the molecule is O=C(CCS)N1CC2CCC(C1)O2. The summed E-state index contributed by atoms with van der Waals surface area (Å²) in [6.45, 7) is 1.59. The number of likely N-dealkylation sites (tertiary alicyclic amines) is 1. The van der Waals surface area contributed by atoms with Crippen molar-refractivity contribution < 1.29 is 9.53 Å². The number of fused-ring (bicyclic) bond motifs is 2. The van der Waals surface area contributed by atoms with Crippen molar-refractivity contribution in [1.82, 2.24) is 4.90 Å². The minimum Gasteiger partial charge on any atom is -0.371 e. The second-order valence-corrected chi connectivity index (χ2v) is 4.18. The van der Waals surface area contributed by atoms with E-state index in [4.69, 9.17) is 4.74 Å². The van der Waals surface area contributed by atoms with Gasteiger partial charge in [-0.25, -0.2) is 0 Å². The van der Waals surface area contributed by atoms with Crippen LogP contribution in [0.25, 0.3) is 0 Å². The Morgan fingerprint density at radius 1 is 1.38 bits per heavy atom. The molecule has 2 atom stereocenters. The predicted molar refractivity (Wildman–Crippen MR) is 52.9 cm³/mol. The number of carbonyl (C=O) groups is 1. The number of rotatable bonds is 2. The van der Waals surface area contributed by atoms with Crippen LogP contribution in [0.4, 0.5) is 0 Å². The van der Waals surface area contributed by atoms with E-state index in [-0.39, 0.29) is 5.91 Å². The van der Waals surface area contributed by atoms with Gasteiger partial charge in [-0.2, -0.15) is 12.6 Å². The van der Waals surface area contributed by atoms with Crippen molar-refractivity contribution in [2.75, 3.05) is 18.8 Å². The Morgan fingerprint density at radius 3 is 2.54 bits per heavy atom. The van der Waals surface area contributed by atoms with Crippen molar-refractivity contribution in [1.29, 1.82) is 0 Å². The first-order valence-electron chi connectivity index (χ1n) is 4.83. The van der Waals surface area contributed by atoms with Crippen LogP contribution in [-0.4, -0.2) is 41.9 Å². The molecule has 4 heteroatoms. The summed E-state index contributed by atoms with van der Waals surface area (Å²) >= 11 is 4.06. The minimum absolute atomic E-state index is 0.232. The van der Waals surface area contributed by atoms with E-state index < -0.39 is 0 Å². The van der Waals surface area contributed by atoms with Gasteiger partial charge < -0.3 is 9.64 Å². The van der Waals surface area contributed by atoms with Gasteiger partial charge in [0.1, 0.15) is 0 Å². The van der Waals surface area contributed by atoms with Gasteiger partial charge >= 0.3 is 0 Å². The molecule has 1 amide bonds. The van der Waals surface area contributed by atoms with E-state index in [9.17, 15) is 4.79 Å². The average Bonchev–Trinajstić information content (AvgIpc) is 2.46. The summed E-state index contributed by atoms with van der Waals surface area (Å²) in [6.07, 6.45) is 3.41. The Kier molecular flexibility index (Phi) is 2.79. The molecular weight excluding hydrogens is 186 g/mol. The predicted octanol–water partition coefficient (Wildman–Crippen LogP) is 0.696. The fraction of sp³-hybridized carbons (Fsp3) is 0.889. The second kappa shape index (κ2) is 3.88. The van der Waals surface area contributed by atoms with Gasteiger partial charge in [-0.05, 0) is 18.6 Å². The van der Waals surface area contributed by atoms with E-state index in [1.165, 1.54) is 0 Å². The molecule has 2 heterocycles. The molecule has 2 aliphatic heterocycles. The standard InChI is InChI=1S/C9H15NO2S/c11-9(3-4-13)10-5-7-1-2-8(6-10)12-7/h7-8,13H,1-6H2. The van der Waals surface area contributed by atoms with Gasteiger partial charge in [0.05, 0.1) is 12.2 Å². The number of nitrogens with zero attached hydrogens (tertiary/aromatic N) is 1. The summed E-state index contributed by atoms with van der Waals surface area (Å²) < 4.78 is 5.64. The Balaban J connectivity index is 1.91. The van der Waals surface area contributed by atoms with Crippen molar-refractivity contribution in [3.63, 3.8) is 0 Å². The maximum atomic E-state index is 11.5. The number of ether oxygens (including phenoxy) is 1. The van der Waals surface area contributed by atoms with Gasteiger partial charge in [-0.1, -0.05) is 0 Å². The number of thiol groups is 1. The van der Waals surface area contributed by atoms with Gasteiger partial charge in [-0.3, -0.25) is 4.79 Å². The first kappa shape index (κ1) is 9.34. The molecule has 2 rings (SSSR count). The molecule has 0 spiro atoms. The van der Waals surface area contributed by atoms with Crippen LogP contribution in [0.5, 0.6) is 0 Å². The lowest BCUT2D eigenvalue weighted by Gasteiger charge is -2.32. The zero-order valence-electron chi connectivity index (χ0n) is 7.61. The summed E-state index contributed by atoms with van der Waals surface area (Å²) in [4.78, 5) is 13.5. The summed E-state index contributed by atoms with van der Waals surface area (Å²) in [5.41, 5.74) is 0. The summed E-state index contributed by atoms with van der Waals surface area (Å²) in [6, 6.07) is 0. The highest BCUT2D eigenvalue weighted by molar-refractivity contribution is 7.80. The lowest BCUT2D eigenvalue weighted by Crippen LogP contribution is -2.45. The molecule has 0 N–H and O–H groups in total. The van der Waals surface area contributed by atoms with Crippen molar-refractivity contribution in [2.24, 2.45) is 0 Å². The molecule has 0 saturated carbocycles. The molecule has 74 valence electrons. The molecule has 3 nitrogen and oxygen atoms in total. The number of hydrogen-bond acceptors (Lipinski definition) is 3. The lowest BCUT2D eigenvalue weighted by molar-refractivity contribution is -0.139. The highest BCUT2D eigenvalue weighted by Gasteiger charge is 2.35. The quantitative estimate of drug-likeness (QED) is 0.666. The van der Waals surface area contributed by atoms with Gasteiger partial charge in [0, 0.05) is 19.5 Å². The molecule has 0 radical (unpaired) electrons. The fourth-order valence-corrected chi connectivity index (χ4v) is 2.26. The van der Waals surface area contributed by atoms with Gasteiger partial charge in [0.2, 0.25) is 5.91 Å². The first-order chi connectivity index (χ1) is 6.29. The van der Waals surface area contributed by atoms with Crippen molar-refractivity contribution >= 4 is 18.5 Å². The molecule has 13 heavy (non-hydrogen) atoms. The Bertz CT molecular complexity index is 198. The molecule has 0 aliphatic carbocycles. The number of amides is 1. The van der Waals surface area contributed by atoms with Crippen LogP contribution in [0.2, 0.25) is 0 Å². The van der Waals surface area contributed by atoms with E-state index in [0.29, 0.717) is 24.4 Å². The summed E-state index contributed by atoms with van der Waals surface area (Å²) in [7, 11) is 0. The van der Waals surface area contributed by atoms with E-state index in [1.54, 1.807) is 0 Å². The van der Waals surface area contributed by atoms with Gasteiger partial charge in [-0.15, -0.1) is 0 Å². The highest BCUT2D eigenvalue weighted by atomic mass is 32.1. The zero-order valence-corrected chi connectivity index (χ0v) is 8.50. The van der Waals surface area contributed by atoms with E-state index in [0.717, 1.165) is 25.9 Å². The van der Waals surface area contributed by atoms with E-state index >= 15 is 0 Å². The molecule has 2 unspecified atom stereocenters. The normalized spacial score (nSPS) is 32.2. The minimum atomic E-state index is 0.232. The maximum absolute atomic E-state index is 11.5. The molecule has 2 saturated heterocycles. The fourth-order valence-electron chi connectivity index (χ4n) is 2.07. The molecule has 0 aromatic carbocycles. The monoisotopic (exact) mass is 201 g/mol. The number of hydrogen-bond donors (Lipinski definition) is 1. The average molecular weight is 201 g/mol. The van der Waals surface area contributed by atoms with Crippen LogP contribution in [-0.2, 0) is 9.53 Å². The molecule has 2 fully saturated rings. The van der Waals surface area contributed by atoms with Gasteiger partial charge in [0.15, 0.2) is 0 Å². The topological polar surface area (TPSA) is 29.5 Å². The third kappa shape index (κ3) is 1.99. The van der Waals surface area contributed by atoms with E-state index in [1.807, 2.05) is 4.90 Å².